The number of anilines is 2. The quantitative estimate of drug-likeness (QED) is 0.0141. The van der Waals surface area contributed by atoms with E-state index in [0.717, 1.165) is 14.7 Å². The number of nitriles is 1. The van der Waals surface area contributed by atoms with Gasteiger partial charge in [-0.05, 0) is 131 Å². The van der Waals surface area contributed by atoms with Gasteiger partial charge >= 0.3 is 0 Å². The molecule has 0 saturated carbocycles. The Hall–Kier alpha value is -10.9. The highest BCUT2D eigenvalue weighted by atomic mass is 19.3. The van der Waals surface area contributed by atoms with Crippen LogP contribution in [0.3, 0.4) is 0 Å². The summed E-state index contributed by atoms with van der Waals surface area (Å²) in [4.78, 5) is 166. The van der Waals surface area contributed by atoms with E-state index in [2.05, 4.69) is 41.9 Å². The maximum absolute atomic E-state index is 15.5. The van der Waals surface area contributed by atoms with Crippen molar-refractivity contribution in [1.29, 1.82) is 5.26 Å². The van der Waals surface area contributed by atoms with E-state index in [1.807, 2.05) is 52.0 Å². The molecule has 4 aromatic carbocycles. The summed E-state index contributed by atoms with van der Waals surface area (Å²) in [6, 6.07) is 18.4. The summed E-state index contributed by atoms with van der Waals surface area (Å²) in [5.74, 6) is -10.2. The first-order chi connectivity index (χ1) is 57.5. The Balaban J connectivity index is 0.709. The van der Waals surface area contributed by atoms with Crippen molar-refractivity contribution >= 4 is 86.3 Å². The fourth-order valence-corrected chi connectivity index (χ4v) is 16.7. The molecule has 656 valence electrons. The Morgan fingerprint density at radius 2 is 1.23 bits per heavy atom. The summed E-state index contributed by atoms with van der Waals surface area (Å²) < 4.78 is 69.7. The number of aromatic nitrogens is 2. The number of nitrogens with zero attached hydrogens (tertiary/aromatic N) is 8. The number of amides is 9. The lowest BCUT2D eigenvalue weighted by Crippen LogP contribution is -2.56. The number of ether oxygens (including phenoxy) is 4. The number of nitrogens with one attached hydrogen (secondary N) is 6. The minimum atomic E-state index is -3.50. The van der Waals surface area contributed by atoms with Gasteiger partial charge in [0, 0.05) is 96.4 Å². The molecule has 9 rings (SSSR count). The van der Waals surface area contributed by atoms with Crippen LogP contribution in [-0.2, 0) is 43.0 Å². The van der Waals surface area contributed by atoms with Gasteiger partial charge in [0.1, 0.15) is 46.7 Å². The highest BCUT2D eigenvalue weighted by molar-refractivity contribution is 6.08. The third-order valence-electron chi connectivity index (χ3n) is 23.5. The van der Waals surface area contributed by atoms with Crippen LogP contribution < -0.4 is 52.2 Å². The van der Waals surface area contributed by atoms with Gasteiger partial charge in [-0.25, -0.2) is 13.2 Å². The number of rotatable bonds is 43. The number of halogens is 3. The van der Waals surface area contributed by atoms with Crippen LogP contribution in [0.5, 0.6) is 11.5 Å². The van der Waals surface area contributed by atoms with Crippen LogP contribution in [0, 0.1) is 40.9 Å². The van der Waals surface area contributed by atoms with Crippen molar-refractivity contribution in [2.24, 2.45) is 29.6 Å². The first-order valence-corrected chi connectivity index (χ1v) is 41.7. The minimum Gasteiger partial charge on any atom is -0.494 e. The predicted molar refractivity (Wildman–Crippen MR) is 449 cm³/mol. The third-order valence-corrected chi connectivity index (χ3v) is 23.5. The SMILES string of the molecule is CCC(C)[C@@H]([C@@H](CC(=O)N1CCC[C@H]1[C@H](OC)[C@@H](C)C(=O)N[C@H](C)[C@@H](O)c1ccccc1)OC)N(C)C(=O)[C@@H](CCNC(=O)[C@H](C(C)C)N(C)C(=O)[C@@H]1CC(F)(F)CN1C(=O)CNC(=O)c1ccnc2ccc(OCCCCNc3c(NCCCCOc4ccc5nccc(C(=O)NCC(=O)N6CC(C)(F)C[C@@H]6C#N)c5c4)c(=O)c3=O)cc12)C(C)C. The molecular weight excluding hydrogens is 1570 g/mol. The topological polar surface area (TPSA) is 383 Å². The average Bonchev–Trinajstić information content (AvgIpc) is 1.75. The van der Waals surface area contributed by atoms with Crippen molar-refractivity contribution in [3.8, 4) is 17.6 Å². The lowest BCUT2D eigenvalue weighted by molar-refractivity contribution is -0.148. The minimum absolute atomic E-state index is 0.0168. The van der Waals surface area contributed by atoms with Gasteiger partial charge in [-0.1, -0.05) is 85.2 Å². The fourth-order valence-electron chi connectivity index (χ4n) is 16.7. The number of hydrogen-bond donors (Lipinski definition) is 7. The summed E-state index contributed by atoms with van der Waals surface area (Å²) in [5.41, 5.74) is -0.762. The molecule has 7 N–H and O–H groups in total. The molecule has 13 atom stereocenters. The Labute approximate surface area is 703 Å². The van der Waals surface area contributed by atoms with E-state index >= 15 is 8.78 Å². The first-order valence-electron chi connectivity index (χ1n) is 41.7. The number of carbonyl (C=O) groups is 9. The zero-order chi connectivity index (χ0) is 88.3. The highest BCUT2D eigenvalue weighted by Gasteiger charge is 2.52. The molecule has 30 nitrogen and oxygen atoms in total. The van der Waals surface area contributed by atoms with E-state index in [-0.39, 0.29) is 97.6 Å². The van der Waals surface area contributed by atoms with E-state index in [0.29, 0.717) is 103 Å². The standard InChI is InChI=1S/C88H117F3N14O16/c1-14-53(6)76(69(118-12)43-70(106)103-38-22-25-67(103)80(119-13)54(7)81(112)100-55(8)77(109)56-23-16-15-17-24-56)102(11)85(116)60(51(2)3)30-37-97-84(115)75(52(4)5)101(10)86(117)68-45-88(90,91)50-105(68)72(108)48-99-83(114)62-32-36-94-66-29-27-59(42-64(62)66)121-40-21-19-34-96-74-73(78(110)79(74)111)95-33-18-20-39-120-58-26-28-65-63(41-58)61(31-35-93-65)82(113)98-47-71(107)104-49-87(9,89)44-57(104)46-92/h15-17,23-24,26-29,31-32,35-36,41-42,51-55,57,60,67-69,75-77,80,95-96,109H,14,18-22,25,30,33-34,37-40,43-45,47-50H2,1-13H3,(H,97,115)(H,98,113)(H,99,114)(H,100,112)/t53?,54-,55-,57-,60+,67+,68+,69-,75+,76+,77-,80-,87?/m1/s1. The number of likely N-dealkylation sites (tertiary alicyclic amines) is 3. The number of pyridine rings is 2. The molecule has 3 aliphatic rings. The van der Waals surface area contributed by atoms with Crippen LogP contribution in [0.4, 0.5) is 24.5 Å². The van der Waals surface area contributed by atoms with E-state index in [1.54, 1.807) is 93.1 Å². The van der Waals surface area contributed by atoms with E-state index in [9.17, 15) is 67.5 Å². The molecule has 5 heterocycles. The normalized spacial score (nSPS) is 19.3. The Morgan fingerprint density at radius 1 is 0.669 bits per heavy atom. The van der Waals surface area contributed by atoms with Crippen LogP contribution in [0.25, 0.3) is 21.8 Å². The van der Waals surface area contributed by atoms with Crippen molar-refractivity contribution in [3.63, 3.8) is 0 Å². The zero-order valence-corrected chi connectivity index (χ0v) is 71.4. The number of benzene rings is 3. The second-order valence-electron chi connectivity index (χ2n) is 33.0. The molecule has 0 aliphatic carbocycles. The number of hydrogen-bond acceptors (Lipinski definition) is 21. The van der Waals surface area contributed by atoms with Gasteiger partial charge < -0.3 is 80.5 Å². The van der Waals surface area contributed by atoms with Crippen molar-refractivity contribution < 1.29 is 80.4 Å². The van der Waals surface area contributed by atoms with E-state index < -0.39 is 156 Å². The molecule has 3 saturated heterocycles. The van der Waals surface area contributed by atoms with Crippen molar-refractivity contribution in [2.75, 3.05) is 105 Å². The molecule has 0 bridgehead atoms. The van der Waals surface area contributed by atoms with Gasteiger partial charge in [-0.3, -0.25) is 62.7 Å². The summed E-state index contributed by atoms with van der Waals surface area (Å²) in [6.45, 7) is 14.9. The number of carbonyl (C=O) groups excluding carboxylic acids is 9. The molecule has 6 aromatic rings. The highest BCUT2D eigenvalue weighted by Crippen LogP contribution is 2.37. The van der Waals surface area contributed by atoms with Crippen LogP contribution in [0.1, 0.15) is 165 Å². The number of unbranched alkanes of at least 4 members (excludes halogenated alkanes) is 2. The van der Waals surface area contributed by atoms with Crippen molar-refractivity contribution in [3.05, 3.63) is 128 Å². The van der Waals surface area contributed by atoms with Gasteiger partial charge in [0.25, 0.3) is 28.6 Å². The van der Waals surface area contributed by atoms with Gasteiger partial charge in [-0.2, -0.15) is 5.26 Å². The smallest absolute Gasteiger partial charge is 0.267 e. The maximum atomic E-state index is 15.5. The number of likely N-dealkylation sites (N-methyl/N-ethyl adjacent to an activating group) is 2. The van der Waals surface area contributed by atoms with Crippen LogP contribution in [0.2, 0.25) is 0 Å². The molecular formula is C88H117F3N14O16. The number of fused-ring (bicyclic) bond motifs is 2. The molecule has 3 fully saturated rings. The molecule has 3 aliphatic heterocycles. The summed E-state index contributed by atoms with van der Waals surface area (Å²) in [7, 11) is 6.01. The predicted octanol–water partition coefficient (Wildman–Crippen LogP) is 7.89. The molecule has 0 radical (unpaired) electrons. The van der Waals surface area contributed by atoms with Crippen LogP contribution >= 0.6 is 0 Å². The van der Waals surface area contributed by atoms with Gasteiger partial charge in [0.2, 0.25) is 41.4 Å². The summed E-state index contributed by atoms with van der Waals surface area (Å²) in [5, 5.41) is 38.3. The van der Waals surface area contributed by atoms with Crippen LogP contribution in [0.15, 0.2) is 101 Å². The van der Waals surface area contributed by atoms with Crippen molar-refractivity contribution in [2.45, 2.75) is 199 Å². The third kappa shape index (κ3) is 23.5. The number of alkyl halides is 3. The lowest BCUT2D eigenvalue weighted by atomic mass is 9.86. The Bertz CT molecular complexity index is 4750. The Kier molecular flexibility index (Phi) is 33.1. The molecule has 9 amide bonds. The lowest BCUT2D eigenvalue weighted by Gasteiger charge is -2.41. The Morgan fingerprint density at radius 3 is 1.75 bits per heavy atom. The van der Waals surface area contributed by atoms with Crippen molar-refractivity contribution in [1.82, 2.24) is 55.7 Å². The monoisotopic (exact) mass is 1680 g/mol. The molecule has 0 spiro atoms. The summed E-state index contributed by atoms with van der Waals surface area (Å²) >= 11 is 0. The second-order valence-corrected chi connectivity index (χ2v) is 33.0. The molecule has 2 aromatic heterocycles. The zero-order valence-electron chi connectivity index (χ0n) is 71.4. The number of aliphatic hydroxyl groups is 1. The molecule has 121 heavy (non-hydrogen) atoms. The number of aliphatic hydroxyl groups excluding tert-OH is 1. The van der Waals surface area contributed by atoms with Gasteiger partial charge in [0.15, 0.2) is 0 Å². The molecule has 2 unspecified atom stereocenters. The van der Waals surface area contributed by atoms with E-state index in [4.69, 9.17) is 18.9 Å². The first kappa shape index (κ1) is 94.0. The van der Waals surface area contributed by atoms with Gasteiger partial charge in [-0.15, -0.1) is 0 Å². The van der Waals surface area contributed by atoms with Gasteiger partial charge in [0.05, 0.1) is 116 Å². The van der Waals surface area contributed by atoms with Crippen LogP contribution in [-0.4, -0.2) is 247 Å². The van der Waals surface area contributed by atoms with E-state index in [1.165, 1.54) is 52.7 Å². The number of methoxy groups -OCH3 is 2. The fraction of sp³-hybridized carbons (Fsp3) is 0.568. The average molecular weight is 1680 g/mol. The second kappa shape index (κ2) is 42.6. The largest absolute Gasteiger partial charge is 0.494 e. The molecule has 33 heteroatoms. The maximum Gasteiger partial charge on any atom is 0.267 e. The summed E-state index contributed by atoms with van der Waals surface area (Å²) in [6.07, 6.45) is 3.42.